The number of rotatable bonds is 1. The first-order valence-electron chi connectivity index (χ1n) is 3.53. The zero-order valence-electron chi connectivity index (χ0n) is 5.97. The Labute approximate surface area is 70.0 Å². The van der Waals surface area contributed by atoms with E-state index in [1.165, 1.54) is 5.39 Å². The van der Waals surface area contributed by atoms with E-state index in [0.29, 0.717) is 5.88 Å². The first-order chi connectivity index (χ1) is 5.42. The van der Waals surface area contributed by atoms with Crippen LogP contribution in [0.1, 0.15) is 5.56 Å². The predicted octanol–water partition coefficient (Wildman–Crippen LogP) is 2.91. The molecule has 11 heavy (non-hydrogen) atoms. The van der Waals surface area contributed by atoms with E-state index in [1.807, 2.05) is 24.4 Å². The molecule has 2 aromatic rings. The number of nitrogens with one attached hydrogen (secondary N) is 1. The molecule has 0 aliphatic carbocycles. The fourth-order valence-corrected chi connectivity index (χ4v) is 1.48. The van der Waals surface area contributed by atoms with Gasteiger partial charge < -0.3 is 4.98 Å². The summed E-state index contributed by atoms with van der Waals surface area (Å²) in [5.74, 6) is 0.567. The topological polar surface area (TPSA) is 15.8 Å². The zero-order chi connectivity index (χ0) is 7.68. The van der Waals surface area contributed by atoms with Crippen LogP contribution in [0.15, 0.2) is 30.5 Å². The monoisotopic (exact) mass is 165 g/mol. The van der Waals surface area contributed by atoms with Crippen LogP contribution in [0.5, 0.6) is 0 Å². The number of fused-ring (bicyclic) bond motifs is 1. The summed E-state index contributed by atoms with van der Waals surface area (Å²) < 4.78 is 0. The van der Waals surface area contributed by atoms with Gasteiger partial charge in [0, 0.05) is 17.6 Å². The van der Waals surface area contributed by atoms with Crippen molar-refractivity contribution in [3.05, 3.63) is 36.0 Å². The molecule has 0 spiro atoms. The van der Waals surface area contributed by atoms with Crippen LogP contribution in [-0.4, -0.2) is 4.98 Å². The van der Waals surface area contributed by atoms with Crippen LogP contribution in [0.2, 0.25) is 0 Å². The molecule has 0 radical (unpaired) electrons. The van der Waals surface area contributed by atoms with Crippen LogP contribution in [0.3, 0.4) is 0 Å². The van der Waals surface area contributed by atoms with Crippen molar-refractivity contribution in [3.8, 4) is 0 Å². The second kappa shape index (κ2) is 2.59. The van der Waals surface area contributed by atoms with Crippen LogP contribution >= 0.6 is 11.6 Å². The van der Waals surface area contributed by atoms with Crippen molar-refractivity contribution in [2.75, 3.05) is 0 Å². The predicted molar refractivity (Wildman–Crippen MR) is 47.9 cm³/mol. The molecule has 0 unspecified atom stereocenters. The molecular weight excluding hydrogens is 158 g/mol. The Morgan fingerprint density at radius 2 is 2.18 bits per heavy atom. The highest BCUT2D eigenvalue weighted by atomic mass is 35.5. The van der Waals surface area contributed by atoms with Gasteiger partial charge >= 0.3 is 0 Å². The summed E-state index contributed by atoms with van der Waals surface area (Å²) in [6, 6.07) is 8.17. The van der Waals surface area contributed by atoms with Crippen molar-refractivity contribution >= 4 is 22.5 Å². The molecule has 0 fully saturated rings. The van der Waals surface area contributed by atoms with Crippen molar-refractivity contribution in [1.29, 1.82) is 0 Å². The number of alkyl halides is 1. The maximum absolute atomic E-state index is 5.74. The molecule has 0 aliphatic rings. The van der Waals surface area contributed by atoms with E-state index < -0.39 is 0 Å². The van der Waals surface area contributed by atoms with Crippen molar-refractivity contribution in [2.24, 2.45) is 0 Å². The number of halogens is 1. The van der Waals surface area contributed by atoms with Gasteiger partial charge in [-0.1, -0.05) is 18.2 Å². The number of aromatic amines is 1. The summed E-state index contributed by atoms with van der Waals surface area (Å²) >= 11 is 5.74. The standard InChI is InChI=1S/C9H8ClN/c10-6-8-3-1-2-7-4-5-11-9(7)8/h1-5,11H,6H2. The molecule has 2 heteroatoms. The smallest absolute Gasteiger partial charge is 0.0498 e. The van der Waals surface area contributed by atoms with Gasteiger partial charge in [0.1, 0.15) is 0 Å². The second-order valence-electron chi connectivity index (χ2n) is 2.49. The fourth-order valence-electron chi connectivity index (χ4n) is 1.26. The molecule has 1 nitrogen and oxygen atoms in total. The Morgan fingerprint density at radius 3 is 3.00 bits per heavy atom. The highest BCUT2D eigenvalue weighted by Gasteiger charge is 1.98. The Kier molecular flexibility index (Phi) is 1.59. The third-order valence-corrected chi connectivity index (χ3v) is 2.11. The SMILES string of the molecule is ClCc1cccc2cc[nH]c12. The highest BCUT2D eigenvalue weighted by Crippen LogP contribution is 2.17. The third-order valence-electron chi connectivity index (χ3n) is 1.82. The van der Waals surface area contributed by atoms with E-state index >= 15 is 0 Å². The van der Waals surface area contributed by atoms with Crippen LogP contribution in [-0.2, 0) is 5.88 Å². The van der Waals surface area contributed by atoms with Gasteiger partial charge in [-0.05, 0) is 17.0 Å². The van der Waals surface area contributed by atoms with Gasteiger partial charge in [-0.3, -0.25) is 0 Å². The molecule has 1 heterocycles. The van der Waals surface area contributed by atoms with Crippen molar-refractivity contribution in [1.82, 2.24) is 4.98 Å². The average Bonchev–Trinajstić information content (AvgIpc) is 2.50. The summed E-state index contributed by atoms with van der Waals surface area (Å²) in [6.07, 6.45) is 1.93. The van der Waals surface area contributed by atoms with Gasteiger partial charge in [0.2, 0.25) is 0 Å². The van der Waals surface area contributed by atoms with Gasteiger partial charge in [0.05, 0.1) is 0 Å². The van der Waals surface area contributed by atoms with E-state index in [9.17, 15) is 0 Å². The molecular formula is C9H8ClN. The van der Waals surface area contributed by atoms with Gasteiger partial charge in [-0.25, -0.2) is 0 Å². The lowest BCUT2D eigenvalue weighted by Crippen LogP contribution is -1.78. The molecule has 0 bridgehead atoms. The number of hydrogen-bond donors (Lipinski definition) is 1. The minimum absolute atomic E-state index is 0.567. The van der Waals surface area contributed by atoms with Gasteiger partial charge in [-0.15, -0.1) is 11.6 Å². The first-order valence-corrected chi connectivity index (χ1v) is 4.06. The second-order valence-corrected chi connectivity index (χ2v) is 2.76. The van der Waals surface area contributed by atoms with Crippen LogP contribution in [0, 0.1) is 0 Å². The Morgan fingerprint density at radius 1 is 1.27 bits per heavy atom. The maximum atomic E-state index is 5.74. The summed E-state index contributed by atoms with van der Waals surface area (Å²) in [6.45, 7) is 0. The van der Waals surface area contributed by atoms with E-state index in [2.05, 4.69) is 11.1 Å². The summed E-state index contributed by atoms with van der Waals surface area (Å²) in [4.78, 5) is 3.15. The lowest BCUT2D eigenvalue weighted by atomic mass is 10.2. The first kappa shape index (κ1) is 6.74. The van der Waals surface area contributed by atoms with E-state index in [-0.39, 0.29) is 0 Å². The third kappa shape index (κ3) is 1.02. The van der Waals surface area contributed by atoms with Gasteiger partial charge in [0.25, 0.3) is 0 Å². The molecule has 0 saturated heterocycles. The summed E-state index contributed by atoms with van der Waals surface area (Å²) in [7, 11) is 0. The molecule has 0 aliphatic heterocycles. The van der Waals surface area contributed by atoms with E-state index in [1.54, 1.807) is 0 Å². The Hall–Kier alpha value is -0.950. The number of aromatic nitrogens is 1. The normalized spacial score (nSPS) is 10.6. The maximum Gasteiger partial charge on any atom is 0.0498 e. The molecule has 1 aromatic carbocycles. The number of benzene rings is 1. The van der Waals surface area contributed by atoms with E-state index in [4.69, 9.17) is 11.6 Å². The van der Waals surface area contributed by atoms with Crippen LogP contribution in [0.4, 0.5) is 0 Å². The van der Waals surface area contributed by atoms with E-state index in [0.717, 1.165) is 11.1 Å². The minimum atomic E-state index is 0.567. The quantitative estimate of drug-likeness (QED) is 0.626. The Balaban J connectivity index is 2.79. The van der Waals surface area contributed by atoms with Crippen molar-refractivity contribution in [2.45, 2.75) is 5.88 Å². The average molecular weight is 166 g/mol. The Bertz CT molecular complexity index is 364. The van der Waals surface area contributed by atoms with Crippen LogP contribution < -0.4 is 0 Å². The number of H-pyrrole nitrogens is 1. The zero-order valence-corrected chi connectivity index (χ0v) is 6.73. The number of hydrogen-bond acceptors (Lipinski definition) is 0. The summed E-state index contributed by atoms with van der Waals surface area (Å²) in [5.41, 5.74) is 2.32. The molecule has 1 aromatic heterocycles. The molecule has 1 N–H and O–H groups in total. The lowest BCUT2D eigenvalue weighted by Gasteiger charge is -1.95. The molecule has 56 valence electrons. The molecule has 0 amide bonds. The molecule has 2 rings (SSSR count). The van der Waals surface area contributed by atoms with Crippen molar-refractivity contribution in [3.63, 3.8) is 0 Å². The fraction of sp³-hybridized carbons (Fsp3) is 0.111. The lowest BCUT2D eigenvalue weighted by molar-refractivity contribution is 1.38. The summed E-state index contributed by atoms with van der Waals surface area (Å²) in [5, 5.41) is 1.23. The minimum Gasteiger partial charge on any atom is -0.361 e. The van der Waals surface area contributed by atoms with Crippen molar-refractivity contribution < 1.29 is 0 Å². The molecule has 0 saturated carbocycles. The molecule has 0 atom stereocenters. The van der Waals surface area contributed by atoms with Gasteiger partial charge in [-0.2, -0.15) is 0 Å². The van der Waals surface area contributed by atoms with Gasteiger partial charge in [0.15, 0.2) is 0 Å². The van der Waals surface area contributed by atoms with Crippen LogP contribution in [0.25, 0.3) is 10.9 Å². The number of para-hydroxylation sites is 1. The largest absolute Gasteiger partial charge is 0.361 e. The highest BCUT2D eigenvalue weighted by molar-refractivity contribution is 6.17.